The molecule has 0 aliphatic carbocycles. The summed E-state index contributed by atoms with van der Waals surface area (Å²) >= 11 is 0. The van der Waals surface area contributed by atoms with E-state index in [1.165, 1.54) is 10.9 Å². The Kier molecular flexibility index (Phi) is 3.40. The third-order valence-electron chi connectivity index (χ3n) is 3.35. The molecule has 3 nitrogen and oxygen atoms in total. The Morgan fingerprint density at radius 2 is 2.11 bits per heavy atom. The standard InChI is InChI=1S/C15H19N3/c1-15(2,11-17)6-8-18-7-5-13-4-3-12(10-16)9-14(13)18/h3-5,7,9H,6,8,10,16H2,1-2H3. The fourth-order valence-corrected chi connectivity index (χ4v) is 2.01. The first kappa shape index (κ1) is 12.7. The number of aryl methyl sites for hydroxylation is 1. The van der Waals surface area contributed by atoms with Crippen LogP contribution in [0.1, 0.15) is 25.8 Å². The molecule has 0 fully saturated rings. The summed E-state index contributed by atoms with van der Waals surface area (Å²) < 4.78 is 2.20. The van der Waals surface area contributed by atoms with Gasteiger partial charge in [-0.05, 0) is 43.4 Å². The normalized spacial score (nSPS) is 11.7. The zero-order valence-electron chi connectivity index (χ0n) is 11.0. The molecule has 94 valence electrons. The highest BCUT2D eigenvalue weighted by atomic mass is 14.9. The molecular formula is C15H19N3. The Bertz CT molecular complexity index is 587. The van der Waals surface area contributed by atoms with Crippen LogP contribution in [0.15, 0.2) is 30.5 Å². The minimum absolute atomic E-state index is 0.276. The van der Waals surface area contributed by atoms with Gasteiger partial charge in [0.1, 0.15) is 0 Å². The first-order chi connectivity index (χ1) is 8.55. The molecule has 0 atom stereocenters. The van der Waals surface area contributed by atoms with Gasteiger partial charge in [-0.25, -0.2) is 0 Å². The smallest absolute Gasteiger partial charge is 0.0684 e. The minimum Gasteiger partial charge on any atom is -0.347 e. The molecule has 0 bridgehead atoms. The minimum atomic E-state index is -0.276. The predicted octanol–water partition coefficient (Wildman–Crippen LogP) is 3.04. The molecule has 3 heteroatoms. The van der Waals surface area contributed by atoms with E-state index in [4.69, 9.17) is 11.0 Å². The predicted molar refractivity (Wildman–Crippen MR) is 73.8 cm³/mol. The maximum absolute atomic E-state index is 9.04. The van der Waals surface area contributed by atoms with Gasteiger partial charge in [-0.15, -0.1) is 0 Å². The Balaban J connectivity index is 2.26. The molecular weight excluding hydrogens is 222 g/mol. The van der Waals surface area contributed by atoms with Crippen LogP contribution in [0, 0.1) is 16.7 Å². The fraction of sp³-hybridized carbons (Fsp3) is 0.400. The van der Waals surface area contributed by atoms with Gasteiger partial charge < -0.3 is 10.3 Å². The van der Waals surface area contributed by atoms with Gasteiger partial charge in [-0.2, -0.15) is 5.26 Å². The Morgan fingerprint density at radius 3 is 2.78 bits per heavy atom. The van der Waals surface area contributed by atoms with E-state index in [1.807, 2.05) is 13.8 Å². The number of hydrogen-bond acceptors (Lipinski definition) is 2. The lowest BCUT2D eigenvalue weighted by atomic mass is 9.91. The summed E-state index contributed by atoms with van der Waals surface area (Å²) in [6, 6.07) is 10.7. The quantitative estimate of drug-likeness (QED) is 0.894. The van der Waals surface area contributed by atoms with E-state index in [9.17, 15) is 0 Å². The van der Waals surface area contributed by atoms with Crippen molar-refractivity contribution in [3.8, 4) is 6.07 Å². The van der Waals surface area contributed by atoms with Crippen LogP contribution in [0.5, 0.6) is 0 Å². The Hall–Kier alpha value is -1.79. The number of rotatable bonds is 4. The topological polar surface area (TPSA) is 54.7 Å². The van der Waals surface area contributed by atoms with Gasteiger partial charge in [0, 0.05) is 24.8 Å². The van der Waals surface area contributed by atoms with Crippen LogP contribution in [0.25, 0.3) is 10.9 Å². The van der Waals surface area contributed by atoms with E-state index in [0.717, 1.165) is 18.5 Å². The van der Waals surface area contributed by atoms with Gasteiger partial charge in [0.05, 0.1) is 11.5 Å². The molecule has 1 heterocycles. The molecule has 18 heavy (non-hydrogen) atoms. The lowest BCUT2D eigenvalue weighted by Crippen LogP contribution is -2.12. The summed E-state index contributed by atoms with van der Waals surface area (Å²) in [5.74, 6) is 0. The highest BCUT2D eigenvalue weighted by Gasteiger charge is 2.16. The Morgan fingerprint density at radius 1 is 1.33 bits per heavy atom. The van der Waals surface area contributed by atoms with Crippen LogP contribution in [0.3, 0.4) is 0 Å². The number of nitrogens with two attached hydrogens (primary N) is 1. The molecule has 0 amide bonds. The van der Waals surface area contributed by atoms with Crippen LogP contribution in [-0.2, 0) is 13.1 Å². The lowest BCUT2D eigenvalue weighted by Gasteiger charge is -2.15. The summed E-state index contributed by atoms with van der Waals surface area (Å²) in [7, 11) is 0. The molecule has 0 saturated heterocycles. The van der Waals surface area contributed by atoms with Gasteiger partial charge in [0.25, 0.3) is 0 Å². The summed E-state index contributed by atoms with van der Waals surface area (Å²) in [4.78, 5) is 0. The number of aromatic nitrogens is 1. The summed E-state index contributed by atoms with van der Waals surface area (Å²) in [5.41, 5.74) is 7.74. The average Bonchev–Trinajstić information content (AvgIpc) is 2.78. The van der Waals surface area contributed by atoms with E-state index in [2.05, 4.69) is 41.1 Å². The number of nitrogens with zero attached hydrogens (tertiary/aromatic N) is 2. The van der Waals surface area contributed by atoms with Crippen molar-refractivity contribution in [2.24, 2.45) is 11.1 Å². The van der Waals surface area contributed by atoms with Gasteiger partial charge in [-0.3, -0.25) is 0 Å². The number of benzene rings is 1. The first-order valence-electron chi connectivity index (χ1n) is 6.25. The average molecular weight is 241 g/mol. The first-order valence-corrected chi connectivity index (χ1v) is 6.25. The number of hydrogen-bond donors (Lipinski definition) is 1. The molecule has 0 spiro atoms. The van der Waals surface area contributed by atoms with Crippen molar-refractivity contribution in [3.63, 3.8) is 0 Å². The summed E-state index contributed by atoms with van der Waals surface area (Å²) in [6.07, 6.45) is 2.93. The molecule has 0 aliphatic rings. The summed E-state index contributed by atoms with van der Waals surface area (Å²) in [6.45, 7) is 5.37. The summed E-state index contributed by atoms with van der Waals surface area (Å²) in [5, 5.41) is 10.3. The van der Waals surface area contributed by atoms with Gasteiger partial charge in [0.15, 0.2) is 0 Å². The lowest BCUT2D eigenvalue weighted by molar-refractivity contribution is 0.417. The second-order valence-corrected chi connectivity index (χ2v) is 5.35. The molecule has 2 N–H and O–H groups in total. The zero-order chi connectivity index (χ0) is 13.2. The third kappa shape index (κ3) is 2.55. The molecule has 2 aromatic rings. The molecule has 0 unspecified atom stereocenters. The Labute approximate surface area is 108 Å². The second kappa shape index (κ2) is 4.83. The van der Waals surface area contributed by atoms with E-state index in [1.54, 1.807) is 0 Å². The number of nitriles is 1. The maximum Gasteiger partial charge on any atom is 0.0684 e. The second-order valence-electron chi connectivity index (χ2n) is 5.35. The molecule has 0 aliphatic heterocycles. The van der Waals surface area contributed by atoms with Crippen molar-refractivity contribution in [1.82, 2.24) is 4.57 Å². The SMILES string of the molecule is CC(C)(C#N)CCn1ccc2ccc(CN)cc21. The van der Waals surface area contributed by atoms with Crippen molar-refractivity contribution in [2.75, 3.05) is 0 Å². The highest BCUT2D eigenvalue weighted by molar-refractivity contribution is 5.80. The van der Waals surface area contributed by atoms with E-state index in [-0.39, 0.29) is 5.41 Å². The maximum atomic E-state index is 9.04. The van der Waals surface area contributed by atoms with Crippen LogP contribution in [0.2, 0.25) is 0 Å². The molecule has 2 rings (SSSR count). The molecule has 1 aromatic heterocycles. The van der Waals surface area contributed by atoms with Crippen LogP contribution >= 0.6 is 0 Å². The van der Waals surface area contributed by atoms with E-state index >= 15 is 0 Å². The van der Waals surface area contributed by atoms with Crippen molar-refractivity contribution < 1.29 is 0 Å². The molecule has 1 aromatic carbocycles. The van der Waals surface area contributed by atoms with Crippen molar-refractivity contribution in [2.45, 2.75) is 33.4 Å². The zero-order valence-corrected chi connectivity index (χ0v) is 11.0. The molecule has 0 saturated carbocycles. The van der Waals surface area contributed by atoms with Gasteiger partial charge >= 0.3 is 0 Å². The largest absolute Gasteiger partial charge is 0.347 e. The van der Waals surface area contributed by atoms with Crippen molar-refractivity contribution >= 4 is 10.9 Å². The number of fused-ring (bicyclic) bond motifs is 1. The fourth-order valence-electron chi connectivity index (χ4n) is 2.01. The van der Waals surface area contributed by atoms with Gasteiger partial charge in [-0.1, -0.05) is 12.1 Å². The van der Waals surface area contributed by atoms with Crippen LogP contribution in [0.4, 0.5) is 0 Å². The van der Waals surface area contributed by atoms with Crippen molar-refractivity contribution in [1.29, 1.82) is 5.26 Å². The van der Waals surface area contributed by atoms with Crippen molar-refractivity contribution in [3.05, 3.63) is 36.0 Å². The third-order valence-corrected chi connectivity index (χ3v) is 3.35. The monoisotopic (exact) mass is 241 g/mol. The van der Waals surface area contributed by atoms with E-state index in [0.29, 0.717) is 6.54 Å². The van der Waals surface area contributed by atoms with Gasteiger partial charge in [0.2, 0.25) is 0 Å². The van der Waals surface area contributed by atoms with Crippen LogP contribution < -0.4 is 5.73 Å². The highest BCUT2D eigenvalue weighted by Crippen LogP contribution is 2.23. The molecule has 0 radical (unpaired) electrons. The van der Waals surface area contributed by atoms with E-state index < -0.39 is 0 Å². The van der Waals surface area contributed by atoms with Crippen LogP contribution in [-0.4, -0.2) is 4.57 Å².